The topological polar surface area (TPSA) is 29.1 Å². The minimum atomic E-state index is -5.92. The molecule has 0 saturated heterocycles. The van der Waals surface area contributed by atoms with Crippen molar-refractivity contribution in [2.45, 2.75) is 25.7 Å². The van der Waals surface area contributed by atoms with E-state index in [4.69, 9.17) is 0 Å². The van der Waals surface area contributed by atoms with Crippen LogP contribution in [0, 0.1) is 18.2 Å². The Morgan fingerprint density at radius 1 is 0.926 bits per heavy atom. The van der Waals surface area contributed by atoms with Crippen LogP contribution in [0.15, 0.2) is 48.5 Å². The first-order valence-corrected chi connectivity index (χ1v) is 7.63. The van der Waals surface area contributed by atoms with Gasteiger partial charge in [-0.3, -0.25) is 4.79 Å². The molecule has 0 aliphatic rings. The lowest BCUT2D eigenvalue weighted by atomic mass is 9.78. The third kappa shape index (κ3) is 4.06. The Kier molecular flexibility index (Phi) is 5.53. The molecule has 146 valence electrons. The molecule has 0 fully saturated rings. The lowest BCUT2D eigenvalue weighted by Gasteiger charge is -2.36. The van der Waals surface area contributed by atoms with Crippen LogP contribution in [0.3, 0.4) is 0 Å². The van der Waals surface area contributed by atoms with Crippen LogP contribution in [-0.2, 0) is 11.2 Å². The van der Waals surface area contributed by atoms with Crippen molar-refractivity contribution in [3.63, 3.8) is 0 Å². The second-order valence-corrected chi connectivity index (χ2v) is 5.98. The zero-order valence-electron chi connectivity index (χ0n) is 13.9. The molecule has 0 spiro atoms. The Balaban J connectivity index is 2.55. The van der Waals surface area contributed by atoms with Gasteiger partial charge in [-0.25, -0.2) is 4.39 Å². The Bertz CT molecular complexity index is 799. The lowest BCUT2D eigenvalue weighted by molar-refractivity contribution is -0.323. The number of carbonyl (C=O) groups excluding carboxylic acids is 1. The Morgan fingerprint density at radius 2 is 1.48 bits per heavy atom. The predicted molar refractivity (Wildman–Crippen MR) is 84.5 cm³/mol. The van der Waals surface area contributed by atoms with Crippen LogP contribution >= 0.6 is 0 Å². The van der Waals surface area contributed by atoms with Gasteiger partial charge in [-0.2, -0.15) is 26.3 Å². The first kappa shape index (κ1) is 20.7. The van der Waals surface area contributed by atoms with Crippen LogP contribution in [0.4, 0.5) is 36.4 Å². The van der Waals surface area contributed by atoms with Crippen LogP contribution < -0.4 is 5.32 Å². The summed E-state index contributed by atoms with van der Waals surface area (Å²) >= 11 is 0. The van der Waals surface area contributed by atoms with E-state index in [1.165, 1.54) is 25.1 Å². The van der Waals surface area contributed by atoms with E-state index in [-0.39, 0.29) is 16.8 Å². The number of benzene rings is 2. The minimum absolute atomic E-state index is 0.0127. The van der Waals surface area contributed by atoms with Crippen molar-refractivity contribution in [1.82, 2.24) is 0 Å². The highest BCUT2D eigenvalue weighted by molar-refractivity contribution is 5.97. The van der Waals surface area contributed by atoms with Gasteiger partial charge in [0.05, 0.1) is 0 Å². The lowest BCUT2D eigenvalue weighted by Crippen LogP contribution is -2.59. The van der Waals surface area contributed by atoms with E-state index in [1.807, 2.05) is 0 Å². The molecule has 0 radical (unpaired) electrons. The van der Waals surface area contributed by atoms with Gasteiger partial charge in [0, 0.05) is 12.1 Å². The molecule has 2 aromatic rings. The van der Waals surface area contributed by atoms with Gasteiger partial charge in [0.25, 0.3) is 0 Å². The molecule has 1 N–H and O–H groups in total. The van der Waals surface area contributed by atoms with Crippen molar-refractivity contribution in [2.75, 3.05) is 5.32 Å². The summed E-state index contributed by atoms with van der Waals surface area (Å²) in [5.74, 6) is -3.02. The molecule has 27 heavy (non-hydrogen) atoms. The molecule has 0 heterocycles. The average molecular weight is 393 g/mol. The second-order valence-electron chi connectivity index (χ2n) is 5.98. The van der Waals surface area contributed by atoms with E-state index >= 15 is 0 Å². The highest BCUT2D eigenvalue weighted by Gasteiger charge is 2.75. The van der Waals surface area contributed by atoms with Crippen LogP contribution in [0.2, 0.25) is 0 Å². The summed E-state index contributed by atoms with van der Waals surface area (Å²) in [6, 6.07) is 8.73. The zero-order valence-corrected chi connectivity index (χ0v) is 13.9. The molecule has 2 rings (SSSR count). The molecule has 0 aliphatic carbocycles. The van der Waals surface area contributed by atoms with Gasteiger partial charge in [0.15, 0.2) is 0 Å². The fourth-order valence-corrected chi connectivity index (χ4v) is 2.60. The number of aryl methyl sites for hydroxylation is 1. The summed E-state index contributed by atoms with van der Waals surface area (Å²) in [5.41, 5.74) is -5.32. The Hall–Kier alpha value is -2.58. The quantitative estimate of drug-likeness (QED) is 0.690. The first-order valence-electron chi connectivity index (χ1n) is 7.63. The number of amides is 1. The van der Waals surface area contributed by atoms with Crippen molar-refractivity contribution in [3.05, 3.63) is 65.5 Å². The SMILES string of the molecule is Cc1cc(F)ccc1NC(=O)C(Cc1ccccc1)(C(F)(F)F)C(F)(F)F. The molecule has 0 atom stereocenters. The number of anilines is 1. The standard InChI is InChI=1S/C18H14F7NO/c1-11-9-13(19)7-8-14(11)26-15(27)16(17(20,21)22,18(23,24)25)10-12-5-3-2-4-6-12/h2-9H,10H2,1H3,(H,26,27). The average Bonchev–Trinajstić information content (AvgIpc) is 2.53. The summed E-state index contributed by atoms with van der Waals surface area (Å²) in [7, 11) is 0. The number of nitrogens with one attached hydrogen (secondary N) is 1. The number of alkyl halides is 6. The van der Waals surface area contributed by atoms with Crippen molar-refractivity contribution in [3.8, 4) is 0 Å². The van der Waals surface area contributed by atoms with E-state index in [2.05, 4.69) is 0 Å². The zero-order chi connectivity index (χ0) is 20.5. The van der Waals surface area contributed by atoms with Crippen LogP contribution in [0.25, 0.3) is 0 Å². The fraction of sp³-hybridized carbons (Fsp3) is 0.278. The van der Waals surface area contributed by atoms with E-state index in [0.717, 1.165) is 30.3 Å². The highest BCUT2D eigenvalue weighted by Crippen LogP contribution is 2.53. The summed E-state index contributed by atoms with van der Waals surface area (Å²) in [6.07, 6.45) is -13.5. The third-order valence-corrected chi connectivity index (χ3v) is 4.10. The number of hydrogen-bond acceptors (Lipinski definition) is 1. The summed E-state index contributed by atoms with van der Waals surface area (Å²) in [6.45, 7) is 1.25. The highest BCUT2D eigenvalue weighted by atomic mass is 19.4. The van der Waals surface area contributed by atoms with Crippen molar-refractivity contribution in [2.24, 2.45) is 5.41 Å². The van der Waals surface area contributed by atoms with Crippen LogP contribution in [0.5, 0.6) is 0 Å². The summed E-state index contributed by atoms with van der Waals surface area (Å²) in [5, 5.41) is 1.67. The van der Waals surface area contributed by atoms with Crippen molar-refractivity contribution < 1.29 is 35.5 Å². The largest absolute Gasteiger partial charge is 0.412 e. The molecule has 9 heteroatoms. The van der Waals surface area contributed by atoms with Gasteiger partial charge in [-0.1, -0.05) is 30.3 Å². The summed E-state index contributed by atoms with van der Waals surface area (Å²) < 4.78 is 94.9. The van der Waals surface area contributed by atoms with Crippen LogP contribution in [0.1, 0.15) is 11.1 Å². The molecular formula is C18H14F7NO. The second kappa shape index (κ2) is 7.21. The van der Waals surface area contributed by atoms with Gasteiger partial charge in [-0.05, 0) is 36.2 Å². The summed E-state index contributed by atoms with van der Waals surface area (Å²) in [4.78, 5) is 12.3. The van der Waals surface area contributed by atoms with Gasteiger partial charge in [-0.15, -0.1) is 0 Å². The number of carbonyl (C=O) groups is 1. The molecule has 2 aromatic carbocycles. The fourth-order valence-electron chi connectivity index (χ4n) is 2.60. The van der Waals surface area contributed by atoms with E-state index in [0.29, 0.717) is 0 Å². The van der Waals surface area contributed by atoms with Crippen molar-refractivity contribution in [1.29, 1.82) is 0 Å². The normalized spacial score (nSPS) is 12.7. The minimum Gasteiger partial charge on any atom is -0.325 e. The maximum atomic E-state index is 13.6. The van der Waals surface area contributed by atoms with Gasteiger partial charge < -0.3 is 5.32 Å². The molecule has 0 unspecified atom stereocenters. The maximum absolute atomic E-state index is 13.6. The first-order chi connectivity index (χ1) is 12.4. The molecule has 0 aliphatic heterocycles. The molecule has 2 nitrogen and oxygen atoms in total. The van der Waals surface area contributed by atoms with Gasteiger partial charge >= 0.3 is 12.4 Å². The monoisotopic (exact) mass is 393 g/mol. The third-order valence-electron chi connectivity index (χ3n) is 4.10. The van der Waals surface area contributed by atoms with Gasteiger partial charge in [0.2, 0.25) is 11.3 Å². The van der Waals surface area contributed by atoms with E-state index < -0.39 is 35.9 Å². The predicted octanol–water partition coefficient (Wildman–Crippen LogP) is 5.43. The molecule has 1 amide bonds. The van der Waals surface area contributed by atoms with Crippen molar-refractivity contribution >= 4 is 11.6 Å². The number of halogens is 7. The maximum Gasteiger partial charge on any atom is 0.412 e. The number of rotatable bonds is 4. The van der Waals surface area contributed by atoms with E-state index in [9.17, 15) is 35.5 Å². The van der Waals surface area contributed by atoms with E-state index in [1.54, 1.807) is 5.32 Å². The Morgan fingerprint density at radius 3 is 1.96 bits per heavy atom. The molecule has 0 aromatic heterocycles. The molecule has 0 saturated carbocycles. The molecule has 0 bridgehead atoms. The number of hydrogen-bond donors (Lipinski definition) is 1. The molecular weight excluding hydrogens is 379 g/mol. The Labute approximate surface area is 150 Å². The van der Waals surface area contributed by atoms with Crippen LogP contribution in [-0.4, -0.2) is 18.3 Å². The smallest absolute Gasteiger partial charge is 0.325 e. The van der Waals surface area contributed by atoms with Gasteiger partial charge in [0.1, 0.15) is 5.82 Å².